The Morgan fingerprint density at radius 1 is 0.677 bits per heavy atom. The Hall–Kier alpha value is -2.04. The number of aromatic hydroxyl groups is 2. The normalized spacial score (nSPS) is 18.2. The van der Waals surface area contributed by atoms with Crippen LogP contribution in [0.1, 0.15) is 85.8 Å². The summed E-state index contributed by atoms with van der Waals surface area (Å²) in [6.07, 6.45) is 7.74. The third-order valence-electron chi connectivity index (χ3n) is 7.43. The predicted octanol–water partition coefficient (Wildman–Crippen LogP) is 4.64. The van der Waals surface area contributed by atoms with Gasteiger partial charge in [-0.3, -0.25) is 0 Å². The van der Waals surface area contributed by atoms with E-state index in [0.29, 0.717) is 30.8 Å². The highest BCUT2D eigenvalue weighted by molar-refractivity contribution is 5.55. The molecule has 0 atom stereocenters. The number of aliphatic hydroxyl groups is 2. The molecule has 2 saturated carbocycles. The average molecular weight is 425 g/mol. The number of benzene rings is 2. The topological polar surface area (TPSA) is 80.9 Å². The van der Waals surface area contributed by atoms with Gasteiger partial charge in [-0.25, -0.2) is 0 Å². The van der Waals surface area contributed by atoms with Gasteiger partial charge in [0.05, 0.1) is 0 Å². The molecule has 4 nitrogen and oxygen atoms in total. The summed E-state index contributed by atoms with van der Waals surface area (Å²) in [4.78, 5) is 0. The van der Waals surface area contributed by atoms with Gasteiger partial charge in [-0.05, 0) is 84.5 Å². The van der Waals surface area contributed by atoms with Crippen LogP contribution in [0.2, 0.25) is 0 Å². The second-order valence-corrected chi connectivity index (χ2v) is 10.3. The minimum atomic E-state index is 0.0335. The Morgan fingerprint density at radius 3 is 1.39 bits per heavy atom. The van der Waals surface area contributed by atoms with Gasteiger partial charge in [0.2, 0.25) is 0 Å². The predicted molar refractivity (Wildman–Crippen MR) is 123 cm³/mol. The molecule has 0 bridgehead atoms. The number of hydrogen-bond donors (Lipinski definition) is 4. The van der Waals surface area contributed by atoms with Crippen molar-refractivity contribution in [2.45, 2.75) is 82.5 Å². The fourth-order valence-electron chi connectivity index (χ4n) is 4.68. The molecule has 0 amide bonds. The second-order valence-electron chi connectivity index (χ2n) is 10.3. The molecule has 0 heterocycles. The summed E-state index contributed by atoms with van der Waals surface area (Å²) < 4.78 is 0. The van der Waals surface area contributed by atoms with Gasteiger partial charge in [0.25, 0.3) is 0 Å². The van der Waals surface area contributed by atoms with Gasteiger partial charge in [0, 0.05) is 30.8 Å². The molecule has 0 unspecified atom stereocenters. The van der Waals surface area contributed by atoms with E-state index in [0.717, 1.165) is 71.9 Å². The third-order valence-corrected chi connectivity index (χ3v) is 7.43. The Balaban J connectivity index is 1.74. The fraction of sp³-hybridized carbons (Fsp3) is 0.556. The van der Waals surface area contributed by atoms with E-state index in [1.165, 1.54) is 0 Å². The maximum Gasteiger partial charge on any atom is 0.122 e. The number of aryl methyl sites for hydroxylation is 2. The van der Waals surface area contributed by atoms with Crippen molar-refractivity contribution in [1.82, 2.24) is 0 Å². The van der Waals surface area contributed by atoms with E-state index >= 15 is 0 Å². The Labute approximate surface area is 185 Å². The summed E-state index contributed by atoms with van der Waals surface area (Å²) in [5.41, 5.74) is 6.04. The molecule has 31 heavy (non-hydrogen) atoms. The van der Waals surface area contributed by atoms with E-state index in [4.69, 9.17) is 0 Å². The minimum Gasteiger partial charge on any atom is -0.507 e. The Kier molecular flexibility index (Phi) is 6.06. The third kappa shape index (κ3) is 4.61. The van der Waals surface area contributed by atoms with Gasteiger partial charge >= 0.3 is 0 Å². The Morgan fingerprint density at radius 2 is 1.06 bits per heavy atom. The molecule has 2 aliphatic rings. The van der Waals surface area contributed by atoms with E-state index in [1.807, 2.05) is 12.1 Å². The molecule has 2 aromatic rings. The van der Waals surface area contributed by atoms with Gasteiger partial charge in [0.1, 0.15) is 11.5 Å². The van der Waals surface area contributed by atoms with Crippen molar-refractivity contribution in [2.24, 2.45) is 0 Å². The van der Waals surface area contributed by atoms with Crippen LogP contribution in [0, 0.1) is 0 Å². The maximum absolute atomic E-state index is 11.2. The van der Waals surface area contributed by atoms with Gasteiger partial charge in [-0.15, -0.1) is 0 Å². The SMILES string of the molecule is CC1(c2cc(CCCO)cc(Cc3cc(CCCO)cc(C4(C)CC4)c3O)c2O)CC1. The lowest BCUT2D eigenvalue weighted by atomic mass is 9.87. The van der Waals surface area contributed by atoms with Crippen LogP contribution in [-0.4, -0.2) is 33.6 Å². The smallest absolute Gasteiger partial charge is 0.122 e. The molecule has 2 aliphatic carbocycles. The molecule has 4 N–H and O–H groups in total. The molecule has 4 heteroatoms. The van der Waals surface area contributed by atoms with Crippen LogP contribution >= 0.6 is 0 Å². The van der Waals surface area contributed by atoms with Crippen molar-refractivity contribution < 1.29 is 20.4 Å². The second kappa shape index (κ2) is 8.48. The molecule has 0 radical (unpaired) electrons. The van der Waals surface area contributed by atoms with Crippen molar-refractivity contribution in [3.05, 3.63) is 57.6 Å². The first-order chi connectivity index (χ1) is 14.8. The molecule has 0 aromatic heterocycles. The van der Waals surface area contributed by atoms with E-state index in [2.05, 4.69) is 26.0 Å². The molecular weight excluding hydrogens is 388 g/mol. The van der Waals surface area contributed by atoms with Crippen molar-refractivity contribution in [3.8, 4) is 11.5 Å². The Bertz CT molecular complexity index is 877. The van der Waals surface area contributed by atoms with Crippen LogP contribution in [0.4, 0.5) is 0 Å². The van der Waals surface area contributed by atoms with Crippen molar-refractivity contribution >= 4 is 0 Å². The number of phenolic OH excluding ortho intramolecular Hbond substituents is 2. The number of aliphatic hydroxyl groups excluding tert-OH is 2. The standard InChI is InChI=1S/C27H36O4/c1-26(7-8-26)22-15-18(5-3-11-28)13-20(24(22)30)17-21-14-19(6-4-12-29)16-23(25(21)31)27(2)9-10-27/h13-16,28-31H,3-12,17H2,1-2H3. The first-order valence-electron chi connectivity index (χ1n) is 11.7. The summed E-state index contributed by atoms with van der Waals surface area (Å²) in [6.45, 7) is 4.69. The summed E-state index contributed by atoms with van der Waals surface area (Å²) in [6, 6.07) is 8.29. The fourth-order valence-corrected chi connectivity index (χ4v) is 4.68. The van der Waals surface area contributed by atoms with Gasteiger partial charge in [-0.1, -0.05) is 38.1 Å². The van der Waals surface area contributed by atoms with Gasteiger partial charge in [-0.2, -0.15) is 0 Å². The molecule has 168 valence electrons. The van der Waals surface area contributed by atoms with Crippen LogP contribution < -0.4 is 0 Å². The van der Waals surface area contributed by atoms with Crippen LogP contribution in [0.25, 0.3) is 0 Å². The minimum absolute atomic E-state index is 0.0335. The summed E-state index contributed by atoms with van der Waals surface area (Å²) in [5.74, 6) is 0.708. The van der Waals surface area contributed by atoms with Gasteiger partial charge in [0.15, 0.2) is 0 Å². The zero-order chi connectivity index (χ0) is 22.2. The average Bonchev–Trinajstić information content (AvgIpc) is 3.67. The summed E-state index contributed by atoms with van der Waals surface area (Å²) in [5, 5.41) is 40.9. The molecule has 4 rings (SSSR count). The highest BCUT2D eigenvalue weighted by Crippen LogP contribution is 2.53. The summed E-state index contributed by atoms with van der Waals surface area (Å²) in [7, 11) is 0. The highest BCUT2D eigenvalue weighted by atomic mass is 16.3. The van der Waals surface area contributed by atoms with E-state index < -0.39 is 0 Å². The zero-order valence-electron chi connectivity index (χ0n) is 18.9. The lowest BCUT2D eigenvalue weighted by Gasteiger charge is -2.20. The van der Waals surface area contributed by atoms with Crippen LogP contribution in [0.3, 0.4) is 0 Å². The summed E-state index contributed by atoms with van der Waals surface area (Å²) >= 11 is 0. The van der Waals surface area contributed by atoms with Crippen LogP contribution in [0.15, 0.2) is 24.3 Å². The molecule has 2 aromatic carbocycles. The first-order valence-corrected chi connectivity index (χ1v) is 11.7. The molecule has 0 aliphatic heterocycles. The van der Waals surface area contributed by atoms with Crippen LogP contribution in [-0.2, 0) is 30.1 Å². The molecule has 2 fully saturated rings. The van der Waals surface area contributed by atoms with Gasteiger partial charge < -0.3 is 20.4 Å². The van der Waals surface area contributed by atoms with E-state index in [-0.39, 0.29) is 24.0 Å². The maximum atomic E-state index is 11.2. The monoisotopic (exact) mass is 424 g/mol. The van der Waals surface area contributed by atoms with Crippen LogP contribution in [0.5, 0.6) is 11.5 Å². The number of rotatable bonds is 10. The molecular formula is C27H36O4. The highest BCUT2D eigenvalue weighted by Gasteiger charge is 2.43. The zero-order valence-corrected chi connectivity index (χ0v) is 18.9. The number of phenols is 2. The quantitative estimate of drug-likeness (QED) is 0.448. The first kappa shape index (κ1) is 22.2. The van der Waals surface area contributed by atoms with E-state index in [9.17, 15) is 20.4 Å². The molecule has 0 spiro atoms. The lowest BCUT2D eigenvalue weighted by molar-refractivity contribution is 0.288. The lowest BCUT2D eigenvalue weighted by Crippen LogP contribution is -2.07. The van der Waals surface area contributed by atoms with Crippen molar-refractivity contribution in [3.63, 3.8) is 0 Å². The van der Waals surface area contributed by atoms with E-state index in [1.54, 1.807) is 0 Å². The van der Waals surface area contributed by atoms with Crippen molar-refractivity contribution in [2.75, 3.05) is 13.2 Å². The van der Waals surface area contributed by atoms with Crippen molar-refractivity contribution in [1.29, 1.82) is 0 Å². The largest absolute Gasteiger partial charge is 0.507 e. The molecule has 0 saturated heterocycles. The number of hydrogen-bond acceptors (Lipinski definition) is 4.